The van der Waals surface area contributed by atoms with Gasteiger partial charge in [0.2, 0.25) is 0 Å². The third kappa shape index (κ3) is 3.85. The standard InChI is InChI=1S/C15H16Cl2N2/c1-19(9-7-14-4-2-3-8-18-14)15-6-5-13(17)10-12(15)11-16/h2-6,8,10H,7,9,11H2,1H3. The second-order valence-electron chi connectivity index (χ2n) is 4.40. The third-order valence-corrected chi connectivity index (χ3v) is 3.55. The number of benzene rings is 1. The first-order valence-electron chi connectivity index (χ1n) is 6.16. The van der Waals surface area contributed by atoms with Gasteiger partial charge in [-0.3, -0.25) is 4.98 Å². The van der Waals surface area contributed by atoms with Crippen LogP contribution in [-0.2, 0) is 12.3 Å². The Labute approximate surface area is 124 Å². The largest absolute Gasteiger partial charge is 0.374 e. The average molecular weight is 295 g/mol. The Hall–Kier alpha value is -1.25. The normalized spacial score (nSPS) is 10.5. The Morgan fingerprint density at radius 1 is 1.21 bits per heavy atom. The number of anilines is 1. The quantitative estimate of drug-likeness (QED) is 0.770. The molecule has 1 aromatic carbocycles. The van der Waals surface area contributed by atoms with Crippen LogP contribution in [0.4, 0.5) is 5.69 Å². The van der Waals surface area contributed by atoms with E-state index in [4.69, 9.17) is 23.2 Å². The molecule has 1 heterocycles. The van der Waals surface area contributed by atoms with E-state index >= 15 is 0 Å². The summed E-state index contributed by atoms with van der Waals surface area (Å²) in [5.74, 6) is 0.462. The molecule has 4 heteroatoms. The minimum Gasteiger partial charge on any atom is -0.374 e. The molecule has 2 rings (SSSR count). The Morgan fingerprint density at radius 2 is 2.05 bits per heavy atom. The molecule has 0 atom stereocenters. The first kappa shape index (κ1) is 14.2. The number of hydrogen-bond donors (Lipinski definition) is 0. The summed E-state index contributed by atoms with van der Waals surface area (Å²) in [6.07, 6.45) is 2.73. The second-order valence-corrected chi connectivity index (χ2v) is 5.10. The highest BCUT2D eigenvalue weighted by molar-refractivity contribution is 6.30. The number of nitrogens with zero attached hydrogens (tertiary/aromatic N) is 2. The number of halogens is 2. The van der Waals surface area contributed by atoms with Gasteiger partial charge in [-0.05, 0) is 35.9 Å². The number of hydrogen-bond acceptors (Lipinski definition) is 2. The van der Waals surface area contributed by atoms with Crippen molar-refractivity contribution < 1.29 is 0 Å². The fourth-order valence-electron chi connectivity index (χ4n) is 1.98. The topological polar surface area (TPSA) is 16.1 Å². The SMILES string of the molecule is CN(CCc1ccccn1)c1ccc(Cl)cc1CCl. The predicted molar refractivity (Wildman–Crippen MR) is 82.2 cm³/mol. The predicted octanol–water partition coefficient (Wildman–Crippen LogP) is 4.15. The monoisotopic (exact) mass is 294 g/mol. The Kier molecular flexibility index (Phi) is 5.06. The number of aromatic nitrogens is 1. The van der Waals surface area contributed by atoms with Crippen LogP contribution in [0.3, 0.4) is 0 Å². The smallest absolute Gasteiger partial charge is 0.0495 e. The van der Waals surface area contributed by atoms with Crippen LogP contribution >= 0.6 is 23.2 Å². The van der Waals surface area contributed by atoms with E-state index in [1.165, 1.54) is 0 Å². The van der Waals surface area contributed by atoms with Crippen molar-refractivity contribution in [3.05, 3.63) is 58.9 Å². The van der Waals surface area contributed by atoms with Crippen LogP contribution in [0.25, 0.3) is 0 Å². The summed E-state index contributed by atoms with van der Waals surface area (Å²) in [7, 11) is 2.06. The highest BCUT2D eigenvalue weighted by atomic mass is 35.5. The van der Waals surface area contributed by atoms with Crippen molar-refractivity contribution >= 4 is 28.9 Å². The third-order valence-electron chi connectivity index (χ3n) is 3.03. The van der Waals surface area contributed by atoms with Gasteiger partial charge in [-0.1, -0.05) is 17.7 Å². The van der Waals surface area contributed by atoms with E-state index in [2.05, 4.69) is 16.9 Å². The van der Waals surface area contributed by atoms with Gasteiger partial charge in [-0.15, -0.1) is 11.6 Å². The van der Waals surface area contributed by atoms with E-state index in [1.54, 1.807) is 0 Å². The van der Waals surface area contributed by atoms with Crippen LogP contribution in [0.2, 0.25) is 5.02 Å². The van der Waals surface area contributed by atoms with E-state index in [1.807, 2.05) is 42.6 Å². The molecule has 0 amide bonds. The number of pyridine rings is 1. The van der Waals surface area contributed by atoms with Gasteiger partial charge in [0.1, 0.15) is 0 Å². The average Bonchev–Trinajstić information content (AvgIpc) is 2.45. The molecule has 0 bridgehead atoms. The zero-order valence-corrected chi connectivity index (χ0v) is 12.3. The van der Waals surface area contributed by atoms with Crippen LogP contribution in [0.5, 0.6) is 0 Å². The summed E-state index contributed by atoms with van der Waals surface area (Å²) in [6.45, 7) is 0.891. The molecular formula is C15H16Cl2N2. The molecule has 100 valence electrons. The molecule has 1 aromatic heterocycles. The Balaban J connectivity index is 2.05. The molecule has 0 spiro atoms. The summed E-state index contributed by atoms with van der Waals surface area (Å²) in [5, 5.41) is 0.720. The maximum Gasteiger partial charge on any atom is 0.0495 e. The second kappa shape index (κ2) is 6.78. The van der Waals surface area contributed by atoms with Gasteiger partial charge in [0.05, 0.1) is 0 Å². The zero-order valence-electron chi connectivity index (χ0n) is 10.8. The highest BCUT2D eigenvalue weighted by Gasteiger charge is 2.08. The molecule has 0 aliphatic rings. The summed E-state index contributed by atoms with van der Waals surface area (Å²) >= 11 is 12.0. The van der Waals surface area contributed by atoms with Crippen molar-refractivity contribution in [2.75, 3.05) is 18.5 Å². The van der Waals surface area contributed by atoms with Gasteiger partial charge in [0.15, 0.2) is 0 Å². The number of rotatable bonds is 5. The van der Waals surface area contributed by atoms with Crippen LogP contribution in [0.15, 0.2) is 42.6 Å². The molecule has 0 unspecified atom stereocenters. The van der Waals surface area contributed by atoms with E-state index in [0.29, 0.717) is 5.88 Å². The fraction of sp³-hybridized carbons (Fsp3) is 0.267. The first-order chi connectivity index (χ1) is 9.20. The lowest BCUT2D eigenvalue weighted by atomic mass is 10.1. The van der Waals surface area contributed by atoms with Crippen LogP contribution in [0, 0.1) is 0 Å². The lowest BCUT2D eigenvalue weighted by Crippen LogP contribution is -2.21. The van der Waals surface area contributed by atoms with E-state index < -0.39 is 0 Å². The van der Waals surface area contributed by atoms with Crippen molar-refractivity contribution in [1.29, 1.82) is 0 Å². The number of likely N-dealkylation sites (N-methyl/N-ethyl adjacent to an activating group) is 1. The van der Waals surface area contributed by atoms with Crippen molar-refractivity contribution in [2.45, 2.75) is 12.3 Å². The Bertz CT molecular complexity index is 529. The van der Waals surface area contributed by atoms with Crippen LogP contribution in [-0.4, -0.2) is 18.6 Å². The van der Waals surface area contributed by atoms with Crippen molar-refractivity contribution in [3.63, 3.8) is 0 Å². The molecule has 2 nitrogen and oxygen atoms in total. The maximum absolute atomic E-state index is 5.99. The minimum atomic E-state index is 0.462. The summed E-state index contributed by atoms with van der Waals surface area (Å²) in [5.41, 5.74) is 3.27. The minimum absolute atomic E-state index is 0.462. The maximum atomic E-state index is 5.99. The van der Waals surface area contributed by atoms with Crippen LogP contribution < -0.4 is 4.90 Å². The molecule has 0 aliphatic carbocycles. The Morgan fingerprint density at radius 3 is 2.74 bits per heavy atom. The summed E-state index contributed by atoms with van der Waals surface area (Å²) < 4.78 is 0. The molecule has 0 fully saturated rings. The van der Waals surface area contributed by atoms with Gasteiger partial charge in [-0.25, -0.2) is 0 Å². The van der Waals surface area contributed by atoms with Gasteiger partial charge < -0.3 is 4.90 Å². The highest BCUT2D eigenvalue weighted by Crippen LogP contribution is 2.25. The van der Waals surface area contributed by atoms with Gasteiger partial charge in [0, 0.05) is 48.5 Å². The number of alkyl halides is 1. The molecular weight excluding hydrogens is 279 g/mol. The van der Waals surface area contributed by atoms with Crippen LogP contribution in [0.1, 0.15) is 11.3 Å². The molecule has 0 aliphatic heterocycles. The van der Waals surface area contributed by atoms with E-state index in [9.17, 15) is 0 Å². The van der Waals surface area contributed by atoms with E-state index in [-0.39, 0.29) is 0 Å². The zero-order chi connectivity index (χ0) is 13.7. The van der Waals surface area contributed by atoms with Crippen molar-refractivity contribution in [1.82, 2.24) is 4.98 Å². The fourth-order valence-corrected chi connectivity index (χ4v) is 2.39. The first-order valence-corrected chi connectivity index (χ1v) is 7.07. The lowest BCUT2D eigenvalue weighted by Gasteiger charge is -2.22. The summed E-state index contributed by atoms with van der Waals surface area (Å²) in [6, 6.07) is 11.8. The molecule has 0 N–H and O–H groups in total. The molecule has 19 heavy (non-hydrogen) atoms. The molecule has 0 saturated heterocycles. The van der Waals surface area contributed by atoms with Crippen molar-refractivity contribution in [2.24, 2.45) is 0 Å². The molecule has 0 saturated carbocycles. The lowest BCUT2D eigenvalue weighted by molar-refractivity contribution is 0.849. The van der Waals surface area contributed by atoms with Gasteiger partial charge in [-0.2, -0.15) is 0 Å². The molecule has 0 radical (unpaired) electrons. The van der Waals surface area contributed by atoms with Crippen molar-refractivity contribution in [3.8, 4) is 0 Å². The van der Waals surface area contributed by atoms with Gasteiger partial charge in [0.25, 0.3) is 0 Å². The summed E-state index contributed by atoms with van der Waals surface area (Å²) in [4.78, 5) is 6.51. The van der Waals surface area contributed by atoms with Gasteiger partial charge >= 0.3 is 0 Å². The molecule has 2 aromatic rings. The van der Waals surface area contributed by atoms with E-state index in [0.717, 1.165) is 34.9 Å².